The fraction of sp³-hybridized carbons (Fsp3) is 0.385. The van der Waals surface area contributed by atoms with Gasteiger partial charge >= 0.3 is 0 Å². The van der Waals surface area contributed by atoms with Crippen molar-refractivity contribution in [1.29, 1.82) is 0 Å². The topological polar surface area (TPSA) is 39.2 Å². The van der Waals surface area contributed by atoms with Gasteiger partial charge in [0.1, 0.15) is 5.58 Å². The number of aryl methyl sites for hydroxylation is 1. The molecule has 1 aliphatic rings. The molecule has 0 spiro atoms. The molecule has 1 saturated carbocycles. The van der Waals surface area contributed by atoms with Crippen molar-refractivity contribution in [2.75, 3.05) is 0 Å². The molecular weight excluding hydrogens is 186 g/mol. The Balaban J connectivity index is 1.86. The summed E-state index contributed by atoms with van der Waals surface area (Å²) in [6.07, 6.45) is 6.29. The second-order valence-electron chi connectivity index (χ2n) is 4.61. The Morgan fingerprint density at radius 3 is 2.93 bits per heavy atom. The van der Waals surface area contributed by atoms with Gasteiger partial charge in [-0.3, -0.25) is 0 Å². The Labute approximate surface area is 89.1 Å². The van der Waals surface area contributed by atoms with Crippen molar-refractivity contribution in [3.8, 4) is 0 Å². The number of hydrogen-bond donors (Lipinski definition) is 1. The fourth-order valence-electron chi connectivity index (χ4n) is 2.07. The highest BCUT2D eigenvalue weighted by molar-refractivity contribution is 5.80. The molecular formula is C13H15NO. The van der Waals surface area contributed by atoms with E-state index < -0.39 is 0 Å². The minimum absolute atomic E-state index is 0.145. The molecule has 1 aromatic heterocycles. The maximum Gasteiger partial charge on any atom is 0.134 e. The van der Waals surface area contributed by atoms with E-state index >= 15 is 0 Å². The third-order valence-electron chi connectivity index (χ3n) is 3.37. The molecule has 3 rings (SSSR count). The van der Waals surface area contributed by atoms with Crippen molar-refractivity contribution in [3.63, 3.8) is 0 Å². The third kappa shape index (κ3) is 1.65. The van der Waals surface area contributed by atoms with Crippen molar-refractivity contribution in [1.82, 2.24) is 0 Å². The van der Waals surface area contributed by atoms with Gasteiger partial charge in [-0.15, -0.1) is 0 Å². The molecule has 15 heavy (non-hydrogen) atoms. The maximum atomic E-state index is 6.09. The highest BCUT2D eigenvalue weighted by Crippen LogP contribution is 2.37. The van der Waals surface area contributed by atoms with Crippen LogP contribution in [0, 0.1) is 0 Å². The van der Waals surface area contributed by atoms with Crippen molar-refractivity contribution in [3.05, 3.63) is 36.1 Å². The second kappa shape index (κ2) is 3.11. The standard InChI is InChI=1S/C13H15NO/c14-13(7-8-13)6-4-10-2-1-3-12-11(10)5-9-15-12/h1-3,5,9H,4,6-8,14H2. The van der Waals surface area contributed by atoms with Crippen molar-refractivity contribution in [2.45, 2.75) is 31.2 Å². The summed E-state index contributed by atoms with van der Waals surface area (Å²) in [7, 11) is 0. The zero-order valence-electron chi connectivity index (χ0n) is 8.70. The molecule has 0 unspecified atom stereocenters. The summed E-state index contributed by atoms with van der Waals surface area (Å²) in [4.78, 5) is 0. The molecule has 78 valence electrons. The van der Waals surface area contributed by atoms with Gasteiger partial charge in [-0.2, -0.15) is 0 Å². The lowest BCUT2D eigenvalue weighted by Crippen LogP contribution is -2.22. The largest absolute Gasteiger partial charge is 0.464 e. The van der Waals surface area contributed by atoms with Gasteiger partial charge in [-0.1, -0.05) is 12.1 Å². The Bertz CT molecular complexity index is 482. The summed E-state index contributed by atoms with van der Waals surface area (Å²) in [5.74, 6) is 0. The van der Waals surface area contributed by atoms with Crippen molar-refractivity contribution >= 4 is 11.0 Å². The molecule has 2 aromatic rings. The first kappa shape index (κ1) is 8.98. The van der Waals surface area contributed by atoms with E-state index in [9.17, 15) is 0 Å². The zero-order valence-corrected chi connectivity index (χ0v) is 8.70. The average Bonchev–Trinajstić information content (AvgIpc) is 2.80. The van der Waals surface area contributed by atoms with E-state index in [0.29, 0.717) is 0 Å². The first-order chi connectivity index (χ1) is 7.27. The number of rotatable bonds is 3. The molecule has 1 aliphatic carbocycles. The summed E-state index contributed by atoms with van der Waals surface area (Å²) in [6, 6.07) is 8.27. The predicted octanol–water partition coefficient (Wildman–Crippen LogP) is 2.86. The van der Waals surface area contributed by atoms with Gasteiger partial charge in [0.15, 0.2) is 0 Å². The monoisotopic (exact) mass is 201 g/mol. The zero-order chi connectivity index (χ0) is 10.3. The molecule has 2 nitrogen and oxygen atoms in total. The first-order valence-corrected chi connectivity index (χ1v) is 5.51. The third-order valence-corrected chi connectivity index (χ3v) is 3.37. The molecule has 0 saturated heterocycles. The van der Waals surface area contributed by atoms with E-state index in [1.807, 2.05) is 12.1 Å². The molecule has 2 heteroatoms. The van der Waals surface area contributed by atoms with Gasteiger partial charge < -0.3 is 10.2 Å². The van der Waals surface area contributed by atoms with Crippen LogP contribution in [-0.2, 0) is 6.42 Å². The predicted molar refractivity (Wildman–Crippen MR) is 60.7 cm³/mol. The summed E-state index contributed by atoms with van der Waals surface area (Å²) < 4.78 is 5.37. The molecule has 1 heterocycles. The molecule has 1 fully saturated rings. The molecule has 0 amide bonds. The van der Waals surface area contributed by atoms with Crippen molar-refractivity contribution < 1.29 is 4.42 Å². The van der Waals surface area contributed by atoms with Crippen LogP contribution in [0.2, 0.25) is 0 Å². The number of fused-ring (bicyclic) bond motifs is 1. The summed E-state index contributed by atoms with van der Waals surface area (Å²) in [5.41, 5.74) is 8.58. The van der Waals surface area contributed by atoms with Crippen LogP contribution in [0.3, 0.4) is 0 Å². The highest BCUT2D eigenvalue weighted by Gasteiger charge is 2.37. The molecule has 0 aliphatic heterocycles. The van der Waals surface area contributed by atoms with Crippen molar-refractivity contribution in [2.24, 2.45) is 5.73 Å². The second-order valence-corrected chi connectivity index (χ2v) is 4.61. The smallest absolute Gasteiger partial charge is 0.134 e. The van der Waals surface area contributed by atoms with E-state index in [1.165, 1.54) is 23.8 Å². The maximum absolute atomic E-state index is 6.09. The molecule has 2 N–H and O–H groups in total. The Morgan fingerprint density at radius 1 is 1.27 bits per heavy atom. The first-order valence-electron chi connectivity index (χ1n) is 5.51. The Morgan fingerprint density at radius 2 is 2.13 bits per heavy atom. The van der Waals surface area contributed by atoms with Crippen LogP contribution in [0.5, 0.6) is 0 Å². The molecule has 0 radical (unpaired) electrons. The van der Waals surface area contributed by atoms with Crippen LogP contribution < -0.4 is 5.73 Å². The number of nitrogens with two attached hydrogens (primary N) is 1. The van der Waals surface area contributed by atoms with Crippen LogP contribution >= 0.6 is 0 Å². The van der Waals surface area contributed by atoms with E-state index in [1.54, 1.807) is 6.26 Å². The summed E-state index contributed by atoms with van der Waals surface area (Å²) in [6.45, 7) is 0. The normalized spacial score (nSPS) is 18.2. The van der Waals surface area contributed by atoms with E-state index in [2.05, 4.69) is 12.1 Å². The summed E-state index contributed by atoms with van der Waals surface area (Å²) in [5, 5.41) is 1.24. The number of furan rings is 1. The molecule has 0 atom stereocenters. The lowest BCUT2D eigenvalue weighted by atomic mass is 10.0. The Kier molecular flexibility index (Phi) is 1.86. The van der Waals surface area contributed by atoms with Crippen LogP contribution in [0.15, 0.2) is 34.9 Å². The molecule has 1 aromatic carbocycles. The van der Waals surface area contributed by atoms with E-state index in [4.69, 9.17) is 10.2 Å². The fourth-order valence-corrected chi connectivity index (χ4v) is 2.07. The van der Waals surface area contributed by atoms with Crippen LogP contribution in [-0.4, -0.2) is 5.54 Å². The van der Waals surface area contributed by atoms with Crippen LogP contribution in [0.4, 0.5) is 0 Å². The SMILES string of the molecule is NC1(CCc2cccc3occc23)CC1. The lowest BCUT2D eigenvalue weighted by molar-refractivity contribution is 0.608. The Hall–Kier alpha value is -1.28. The quantitative estimate of drug-likeness (QED) is 0.829. The van der Waals surface area contributed by atoms with E-state index in [-0.39, 0.29) is 5.54 Å². The van der Waals surface area contributed by atoms with Crippen LogP contribution in [0.25, 0.3) is 11.0 Å². The molecule has 0 bridgehead atoms. The number of benzene rings is 1. The van der Waals surface area contributed by atoms with Gasteiger partial charge in [-0.25, -0.2) is 0 Å². The van der Waals surface area contributed by atoms with Gasteiger partial charge in [0.05, 0.1) is 6.26 Å². The van der Waals surface area contributed by atoms with Gasteiger partial charge in [-0.05, 0) is 43.4 Å². The lowest BCUT2D eigenvalue weighted by Gasteiger charge is -2.08. The van der Waals surface area contributed by atoms with Gasteiger partial charge in [0, 0.05) is 10.9 Å². The minimum atomic E-state index is 0.145. The van der Waals surface area contributed by atoms with Gasteiger partial charge in [0.25, 0.3) is 0 Å². The van der Waals surface area contributed by atoms with Crippen LogP contribution in [0.1, 0.15) is 24.8 Å². The average molecular weight is 201 g/mol. The minimum Gasteiger partial charge on any atom is -0.464 e. The van der Waals surface area contributed by atoms with Gasteiger partial charge in [0.2, 0.25) is 0 Å². The number of hydrogen-bond acceptors (Lipinski definition) is 2. The summed E-state index contributed by atoms with van der Waals surface area (Å²) >= 11 is 0. The van der Waals surface area contributed by atoms with E-state index in [0.717, 1.165) is 18.4 Å². The highest BCUT2D eigenvalue weighted by atomic mass is 16.3.